The molecule has 0 radical (unpaired) electrons. The van der Waals surface area contributed by atoms with Crippen molar-refractivity contribution in [1.29, 1.82) is 0 Å². The highest BCUT2D eigenvalue weighted by atomic mass is 35.5. The SMILES string of the molecule is Cc1cc(NCC2CCCN(C(=O)OC(C)(C)C)C2)ccc1Cl. The zero-order valence-corrected chi connectivity index (χ0v) is 15.2. The fourth-order valence-electron chi connectivity index (χ4n) is 2.74. The average molecular weight is 339 g/mol. The highest BCUT2D eigenvalue weighted by Gasteiger charge is 2.27. The summed E-state index contributed by atoms with van der Waals surface area (Å²) < 4.78 is 5.47. The zero-order valence-electron chi connectivity index (χ0n) is 14.5. The summed E-state index contributed by atoms with van der Waals surface area (Å²) in [6.45, 7) is 10.1. The molecule has 23 heavy (non-hydrogen) atoms. The van der Waals surface area contributed by atoms with Crippen molar-refractivity contribution in [1.82, 2.24) is 4.90 Å². The summed E-state index contributed by atoms with van der Waals surface area (Å²) in [7, 11) is 0. The van der Waals surface area contributed by atoms with Gasteiger partial charge >= 0.3 is 6.09 Å². The minimum atomic E-state index is -0.441. The van der Waals surface area contributed by atoms with Crippen molar-refractivity contribution in [3.63, 3.8) is 0 Å². The van der Waals surface area contributed by atoms with E-state index in [1.165, 1.54) is 0 Å². The fourth-order valence-corrected chi connectivity index (χ4v) is 2.86. The molecule has 0 aromatic heterocycles. The van der Waals surface area contributed by atoms with Gasteiger partial charge in [-0.1, -0.05) is 11.6 Å². The number of benzene rings is 1. The Morgan fingerprint density at radius 1 is 1.43 bits per heavy atom. The Hall–Kier alpha value is -1.42. The van der Waals surface area contributed by atoms with Crippen molar-refractivity contribution in [3.8, 4) is 0 Å². The molecule has 1 fully saturated rings. The topological polar surface area (TPSA) is 41.6 Å². The van der Waals surface area contributed by atoms with Gasteiger partial charge in [0.2, 0.25) is 0 Å². The standard InChI is InChI=1S/C18H27ClN2O2/c1-13-10-15(7-8-16(13)19)20-11-14-6-5-9-21(12-14)17(22)23-18(2,3)4/h7-8,10,14,20H,5-6,9,11-12H2,1-4H3. The molecule has 1 aromatic carbocycles. The Bertz CT molecular complexity index is 554. The van der Waals surface area contributed by atoms with Crippen LogP contribution in [0.4, 0.5) is 10.5 Å². The van der Waals surface area contributed by atoms with Crippen LogP contribution in [0.5, 0.6) is 0 Å². The van der Waals surface area contributed by atoms with Gasteiger partial charge in [0.15, 0.2) is 0 Å². The van der Waals surface area contributed by atoms with Crippen LogP contribution in [0.15, 0.2) is 18.2 Å². The van der Waals surface area contributed by atoms with Crippen LogP contribution < -0.4 is 5.32 Å². The monoisotopic (exact) mass is 338 g/mol. The molecule has 128 valence electrons. The van der Waals surface area contributed by atoms with E-state index in [9.17, 15) is 4.79 Å². The highest BCUT2D eigenvalue weighted by Crippen LogP contribution is 2.22. The van der Waals surface area contributed by atoms with Gasteiger partial charge in [-0.3, -0.25) is 0 Å². The molecule has 1 saturated heterocycles. The lowest BCUT2D eigenvalue weighted by atomic mass is 9.98. The number of aryl methyl sites for hydroxylation is 1. The van der Waals surface area contributed by atoms with Crippen LogP contribution in [0.1, 0.15) is 39.2 Å². The van der Waals surface area contributed by atoms with Gasteiger partial charge in [0, 0.05) is 30.3 Å². The van der Waals surface area contributed by atoms with E-state index in [-0.39, 0.29) is 6.09 Å². The number of ether oxygens (including phenoxy) is 1. The third-order valence-electron chi connectivity index (χ3n) is 3.92. The number of amides is 1. The highest BCUT2D eigenvalue weighted by molar-refractivity contribution is 6.31. The van der Waals surface area contributed by atoms with Crippen molar-refractivity contribution >= 4 is 23.4 Å². The molecule has 0 bridgehead atoms. The quantitative estimate of drug-likeness (QED) is 0.868. The summed E-state index contributed by atoms with van der Waals surface area (Å²) in [6.07, 6.45) is 1.94. The molecular formula is C18H27ClN2O2. The molecule has 1 aromatic rings. The summed E-state index contributed by atoms with van der Waals surface area (Å²) in [6, 6.07) is 5.95. The first kappa shape index (κ1) is 17.9. The van der Waals surface area contributed by atoms with Crippen LogP contribution in [-0.4, -0.2) is 36.2 Å². The van der Waals surface area contributed by atoms with Crippen molar-refractivity contribution in [2.45, 2.75) is 46.1 Å². The Kier molecular flexibility index (Phi) is 5.79. The number of hydrogen-bond donors (Lipinski definition) is 1. The normalized spacial score (nSPS) is 18.7. The number of carbonyl (C=O) groups excluding carboxylic acids is 1. The minimum Gasteiger partial charge on any atom is -0.444 e. The molecule has 1 aliphatic heterocycles. The first-order valence-electron chi connectivity index (χ1n) is 8.22. The molecule has 0 spiro atoms. The van der Waals surface area contributed by atoms with E-state index in [1.807, 2.05) is 44.7 Å². The second-order valence-corrected chi connectivity index (χ2v) is 7.69. The van der Waals surface area contributed by atoms with Crippen molar-refractivity contribution < 1.29 is 9.53 Å². The van der Waals surface area contributed by atoms with Crippen molar-refractivity contribution in [2.24, 2.45) is 5.92 Å². The third kappa shape index (κ3) is 5.61. The van der Waals surface area contributed by atoms with Crippen LogP contribution in [0.25, 0.3) is 0 Å². The van der Waals surface area contributed by atoms with Gasteiger partial charge in [-0.15, -0.1) is 0 Å². The molecule has 1 heterocycles. The molecule has 1 aliphatic rings. The van der Waals surface area contributed by atoms with Gasteiger partial charge in [-0.2, -0.15) is 0 Å². The molecule has 4 nitrogen and oxygen atoms in total. The predicted octanol–water partition coefficient (Wildman–Crippen LogP) is 4.71. The summed E-state index contributed by atoms with van der Waals surface area (Å²) >= 11 is 6.05. The van der Waals surface area contributed by atoms with Crippen molar-refractivity contribution in [2.75, 3.05) is 25.0 Å². The van der Waals surface area contributed by atoms with Gasteiger partial charge in [-0.05, 0) is 70.2 Å². The number of nitrogens with one attached hydrogen (secondary N) is 1. The zero-order chi connectivity index (χ0) is 17.0. The molecule has 1 unspecified atom stereocenters. The Morgan fingerprint density at radius 2 is 2.17 bits per heavy atom. The number of rotatable bonds is 3. The predicted molar refractivity (Wildman–Crippen MR) is 95.2 cm³/mol. The molecule has 1 N–H and O–H groups in total. The molecule has 0 saturated carbocycles. The van der Waals surface area contributed by atoms with E-state index >= 15 is 0 Å². The number of halogens is 1. The molecular weight excluding hydrogens is 312 g/mol. The lowest BCUT2D eigenvalue weighted by Gasteiger charge is -2.34. The maximum atomic E-state index is 12.2. The largest absolute Gasteiger partial charge is 0.444 e. The fraction of sp³-hybridized carbons (Fsp3) is 0.611. The lowest BCUT2D eigenvalue weighted by molar-refractivity contribution is 0.0172. The average Bonchev–Trinajstić information content (AvgIpc) is 2.47. The second kappa shape index (κ2) is 7.43. The molecule has 2 rings (SSSR count). The number of anilines is 1. The summed E-state index contributed by atoms with van der Waals surface area (Å²) in [5.74, 6) is 0.437. The Labute approximate surface area is 144 Å². The smallest absolute Gasteiger partial charge is 0.410 e. The number of carbonyl (C=O) groups is 1. The van der Waals surface area contributed by atoms with E-state index in [0.717, 1.165) is 48.7 Å². The number of hydrogen-bond acceptors (Lipinski definition) is 3. The first-order chi connectivity index (χ1) is 10.7. The molecule has 0 aliphatic carbocycles. The summed E-state index contributed by atoms with van der Waals surface area (Å²) in [5.41, 5.74) is 1.69. The molecule has 1 amide bonds. The van der Waals surface area contributed by atoms with Crippen LogP contribution >= 0.6 is 11.6 Å². The van der Waals surface area contributed by atoms with Crippen molar-refractivity contribution in [3.05, 3.63) is 28.8 Å². The third-order valence-corrected chi connectivity index (χ3v) is 4.35. The van der Waals surface area contributed by atoms with Gasteiger partial charge < -0.3 is 15.0 Å². The maximum Gasteiger partial charge on any atom is 0.410 e. The van der Waals surface area contributed by atoms with Gasteiger partial charge in [-0.25, -0.2) is 4.79 Å². The van der Waals surface area contributed by atoms with E-state index in [2.05, 4.69) is 11.4 Å². The van der Waals surface area contributed by atoms with Crippen LogP contribution in [-0.2, 0) is 4.74 Å². The molecule has 5 heteroatoms. The van der Waals surface area contributed by atoms with Crippen LogP contribution in [0.2, 0.25) is 5.02 Å². The summed E-state index contributed by atoms with van der Waals surface area (Å²) in [5, 5.41) is 4.23. The lowest BCUT2D eigenvalue weighted by Crippen LogP contribution is -2.44. The van der Waals surface area contributed by atoms with Gasteiger partial charge in [0.1, 0.15) is 5.60 Å². The van der Waals surface area contributed by atoms with E-state index in [0.29, 0.717) is 5.92 Å². The van der Waals surface area contributed by atoms with E-state index in [4.69, 9.17) is 16.3 Å². The number of nitrogens with zero attached hydrogens (tertiary/aromatic N) is 1. The number of likely N-dealkylation sites (tertiary alicyclic amines) is 1. The molecule has 1 atom stereocenters. The summed E-state index contributed by atoms with van der Waals surface area (Å²) in [4.78, 5) is 14.0. The Morgan fingerprint density at radius 3 is 2.83 bits per heavy atom. The van der Waals surface area contributed by atoms with Gasteiger partial charge in [0.05, 0.1) is 0 Å². The first-order valence-corrected chi connectivity index (χ1v) is 8.60. The number of piperidine rings is 1. The van der Waals surface area contributed by atoms with E-state index < -0.39 is 5.60 Å². The van der Waals surface area contributed by atoms with Crippen LogP contribution in [0, 0.1) is 12.8 Å². The minimum absolute atomic E-state index is 0.204. The van der Waals surface area contributed by atoms with E-state index in [1.54, 1.807) is 0 Å². The Balaban J connectivity index is 1.86. The second-order valence-electron chi connectivity index (χ2n) is 7.28. The maximum absolute atomic E-state index is 12.2. The van der Waals surface area contributed by atoms with Gasteiger partial charge in [0.25, 0.3) is 0 Å². The van der Waals surface area contributed by atoms with Crippen LogP contribution in [0.3, 0.4) is 0 Å².